The van der Waals surface area contributed by atoms with Crippen LogP contribution >= 0.6 is 0 Å². The Hall–Kier alpha value is -3.66. The molecule has 10 heteroatoms. The Morgan fingerprint density at radius 3 is 2.71 bits per heavy atom. The molecule has 1 aliphatic rings. The number of methoxy groups -OCH3 is 1. The van der Waals surface area contributed by atoms with Crippen LogP contribution in [0.15, 0.2) is 30.6 Å². The van der Waals surface area contributed by atoms with Crippen molar-refractivity contribution < 1.29 is 33.3 Å². The number of carbonyl (C=O) groups is 1. The minimum atomic E-state index is -1.53. The van der Waals surface area contributed by atoms with Gasteiger partial charge in [-0.3, -0.25) is 14.8 Å². The number of pyridine rings is 1. The van der Waals surface area contributed by atoms with Gasteiger partial charge in [-0.15, -0.1) is 0 Å². The minimum Gasteiger partial charge on any atom is -0.481 e. The number of ether oxygens (including phenoxy) is 2. The van der Waals surface area contributed by atoms with Crippen molar-refractivity contribution in [2.75, 3.05) is 7.11 Å². The molecule has 0 aliphatic carbocycles. The molecular weight excluding hydrogens is 448 g/mol. The first-order valence-electron chi connectivity index (χ1n) is 10.6. The number of aromatic nitrogens is 3. The number of rotatable bonds is 6. The number of nitrogens with zero attached hydrogens (tertiary/aromatic N) is 3. The van der Waals surface area contributed by atoms with E-state index in [9.17, 15) is 14.3 Å². The SMILES string of the molecule is COc1cc(-c2ncc(C3CCc4ccc([C@H](O)[C@H](C)C(=O)O)c(F)c4O3)nc2C)c(F)cn1. The van der Waals surface area contributed by atoms with E-state index >= 15 is 4.39 Å². The number of carboxylic acids is 1. The van der Waals surface area contributed by atoms with Crippen molar-refractivity contribution in [3.05, 3.63) is 64.7 Å². The molecule has 0 saturated carbocycles. The zero-order valence-corrected chi connectivity index (χ0v) is 18.7. The van der Waals surface area contributed by atoms with Crippen molar-refractivity contribution in [3.63, 3.8) is 0 Å². The van der Waals surface area contributed by atoms with E-state index in [0.29, 0.717) is 35.5 Å². The fourth-order valence-electron chi connectivity index (χ4n) is 3.90. The van der Waals surface area contributed by atoms with Crippen LogP contribution in [-0.4, -0.2) is 38.2 Å². The zero-order valence-electron chi connectivity index (χ0n) is 18.7. The third kappa shape index (κ3) is 4.28. The van der Waals surface area contributed by atoms with Gasteiger partial charge >= 0.3 is 5.97 Å². The fraction of sp³-hybridized carbons (Fsp3) is 0.333. The van der Waals surface area contributed by atoms with E-state index in [1.165, 1.54) is 32.4 Å². The molecule has 0 radical (unpaired) electrons. The maximum atomic E-state index is 15.2. The van der Waals surface area contributed by atoms with E-state index in [4.69, 9.17) is 14.6 Å². The van der Waals surface area contributed by atoms with Crippen LogP contribution in [-0.2, 0) is 11.2 Å². The molecule has 0 spiro atoms. The highest BCUT2D eigenvalue weighted by Gasteiger charge is 2.31. The highest BCUT2D eigenvalue weighted by atomic mass is 19.1. The predicted octanol–water partition coefficient (Wildman–Crippen LogP) is 3.95. The van der Waals surface area contributed by atoms with Crippen LogP contribution in [0.3, 0.4) is 0 Å². The van der Waals surface area contributed by atoms with Crippen LogP contribution in [0.4, 0.5) is 8.78 Å². The van der Waals surface area contributed by atoms with Gasteiger partial charge in [0.05, 0.1) is 48.6 Å². The zero-order chi connectivity index (χ0) is 24.6. The third-order valence-electron chi connectivity index (χ3n) is 5.92. The molecule has 1 unspecified atom stereocenters. The molecule has 3 heterocycles. The first kappa shape index (κ1) is 23.5. The van der Waals surface area contributed by atoms with Gasteiger partial charge in [0, 0.05) is 17.2 Å². The summed E-state index contributed by atoms with van der Waals surface area (Å²) in [7, 11) is 1.43. The van der Waals surface area contributed by atoms with Crippen molar-refractivity contribution in [1.29, 1.82) is 0 Å². The van der Waals surface area contributed by atoms with Gasteiger partial charge in [0.15, 0.2) is 17.4 Å². The van der Waals surface area contributed by atoms with Gasteiger partial charge in [-0.1, -0.05) is 12.1 Å². The maximum Gasteiger partial charge on any atom is 0.309 e. The molecule has 34 heavy (non-hydrogen) atoms. The molecule has 4 rings (SSSR count). The molecule has 0 saturated heterocycles. The van der Waals surface area contributed by atoms with Gasteiger partial charge in [-0.05, 0) is 32.3 Å². The summed E-state index contributed by atoms with van der Waals surface area (Å²) in [6.45, 7) is 2.98. The van der Waals surface area contributed by atoms with Crippen LogP contribution in [0, 0.1) is 24.5 Å². The molecule has 178 valence electrons. The lowest BCUT2D eigenvalue weighted by Gasteiger charge is -2.28. The lowest BCUT2D eigenvalue weighted by atomic mass is 9.93. The molecule has 1 aromatic carbocycles. The number of aryl methyl sites for hydroxylation is 2. The number of halogens is 2. The average Bonchev–Trinajstić information content (AvgIpc) is 2.83. The number of aliphatic carboxylic acids is 1. The molecule has 0 fully saturated rings. The smallest absolute Gasteiger partial charge is 0.309 e. The van der Waals surface area contributed by atoms with Crippen molar-refractivity contribution in [2.45, 2.75) is 38.9 Å². The molecular formula is C24H23F2N3O5. The third-order valence-corrected chi connectivity index (χ3v) is 5.92. The quantitative estimate of drug-likeness (QED) is 0.555. The normalized spacial score (nSPS) is 16.8. The number of hydrogen-bond donors (Lipinski definition) is 2. The Labute approximate surface area is 194 Å². The first-order valence-corrected chi connectivity index (χ1v) is 10.6. The van der Waals surface area contributed by atoms with E-state index in [0.717, 1.165) is 6.20 Å². The lowest BCUT2D eigenvalue weighted by molar-refractivity contribution is -0.145. The van der Waals surface area contributed by atoms with Crippen molar-refractivity contribution in [1.82, 2.24) is 15.0 Å². The monoisotopic (exact) mass is 471 g/mol. The Bertz CT molecular complexity index is 1250. The summed E-state index contributed by atoms with van der Waals surface area (Å²) in [5.74, 6) is -3.61. The van der Waals surface area contributed by atoms with Crippen LogP contribution in [0.5, 0.6) is 11.6 Å². The number of fused-ring (bicyclic) bond motifs is 1. The van der Waals surface area contributed by atoms with Crippen LogP contribution < -0.4 is 9.47 Å². The van der Waals surface area contributed by atoms with Gasteiger partial charge in [0.1, 0.15) is 6.10 Å². The molecule has 3 atom stereocenters. The standard InChI is InChI=1S/C24H23F2N3O5/c1-11(24(31)32)22(30)14-6-4-13-5-7-18(34-23(13)20(14)26)17-10-28-21(12(2)29-17)15-8-19(33-3)27-9-16(15)25/h4,6,8-11,18,22,30H,5,7H2,1-3H3,(H,31,32)/t11-,18?,22+/m0/s1. The van der Waals surface area contributed by atoms with E-state index in [-0.39, 0.29) is 22.8 Å². The number of carboxylic acid groups (broad SMARTS) is 1. The van der Waals surface area contributed by atoms with Gasteiger partial charge in [0.25, 0.3) is 0 Å². The summed E-state index contributed by atoms with van der Waals surface area (Å²) < 4.78 is 40.5. The van der Waals surface area contributed by atoms with Gasteiger partial charge < -0.3 is 19.7 Å². The molecule has 3 aromatic rings. The Morgan fingerprint density at radius 2 is 2.03 bits per heavy atom. The van der Waals surface area contributed by atoms with E-state index < -0.39 is 35.7 Å². The van der Waals surface area contributed by atoms with E-state index in [1.807, 2.05) is 0 Å². The second kappa shape index (κ2) is 9.30. The summed E-state index contributed by atoms with van der Waals surface area (Å²) in [5.41, 5.74) is 1.86. The lowest BCUT2D eigenvalue weighted by Crippen LogP contribution is -2.22. The van der Waals surface area contributed by atoms with Gasteiger partial charge in [0.2, 0.25) is 5.88 Å². The molecule has 8 nitrogen and oxygen atoms in total. The summed E-state index contributed by atoms with van der Waals surface area (Å²) >= 11 is 0. The molecule has 0 bridgehead atoms. The Kier molecular flexibility index (Phi) is 6.43. The van der Waals surface area contributed by atoms with E-state index in [2.05, 4.69) is 15.0 Å². The predicted molar refractivity (Wildman–Crippen MR) is 116 cm³/mol. The molecule has 2 N–H and O–H groups in total. The summed E-state index contributed by atoms with van der Waals surface area (Å²) in [4.78, 5) is 23.9. The molecule has 0 amide bonds. The van der Waals surface area contributed by atoms with Crippen molar-refractivity contribution in [2.24, 2.45) is 5.92 Å². The van der Waals surface area contributed by atoms with E-state index in [1.54, 1.807) is 13.0 Å². The summed E-state index contributed by atoms with van der Waals surface area (Å²) in [5, 5.41) is 19.5. The highest BCUT2D eigenvalue weighted by molar-refractivity contribution is 5.70. The summed E-state index contributed by atoms with van der Waals surface area (Å²) in [6.07, 6.45) is 1.34. The highest BCUT2D eigenvalue weighted by Crippen LogP contribution is 2.40. The second-order valence-electron chi connectivity index (χ2n) is 8.11. The number of aliphatic hydroxyl groups excluding tert-OH is 1. The Morgan fingerprint density at radius 1 is 1.26 bits per heavy atom. The second-order valence-corrected chi connectivity index (χ2v) is 8.11. The molecule has 2 aromatic heterocycles. The number of benzene rings is 1. The first-order chi connectivity index (χ1) is 16.2. The summed E-state index contributed by atoms with van der Waals surface area (Å²) in [6, 6.07) is 4.44. The number of hydrogen-bond acceptors (Lipinski definition) is 7. The van der Waals surface area contributed by atoms with Crippen LogP contribution in [0.1, 0.15) is 48.1 Å². The maximum absolute atomic E-state index is 15.2. The van der Waals surface area contributed by atoms with Gasteiger partial charge in [-0.2, -0.15) is 0 Å². The van der Waals surface area contributed by atoms with Crippen molar-refractivity contribution in [3.8, 4) is 22.9 Å². The largest absolute Gasteiger partial charge is 0.481 e. The average molecular weight is 471 g/mol. The van der Waals surface area contributed by atoms with Crippen LogP contribution in [0.2, 0.25) is 0 Å². The van der Waals surface area contributed by atoms with Gasteiger partial charge in [-0.25, -0.2) is 13.8 Å². The van der Waals surface area contributed by atoms with Crippen molar-refractivity contribution >= 4 is 5.97 Å². The number of aliphatic hydroxyl groups is 1. The Balaban J connectivity index is 1.63. The molecule has 1 aliphatic heterocycles. The fourth-order valence-corrected chi connectivity index (χ4v) is 3.90. The van der Waals surface area contributed by atoms with Crippen LogP contribution in [0.25, 0.3) is 11.3 Å². The minimum absolute atomic E-state index is 0.0427. The topological polar surface area (TPSA) is 115 Å².